The van der Waals surface area contributed by atoms with E-state index in [4.69, 9.17) is 0 Å². The second-order valence-electron chi connectivity index (χ2n) is 4.79. The normalized spacial score (nSPS) is 15.2. The average Bonchev–Trinajstić information content (AvgIpc) is 2.48. The Kier molecular flexibility index (Phi) is 6.58. The summed E-state index contributed by atoms with van der Waals surface area (Å²) in [5.41, 5.74) is 0.587. The Hall–Kier alpha value is -0.980. The van der Waals surface area contributed by atoms with Crippen molar-refractivity contribution in [1.29, 1.82) is 0 Å². The van der Waals surface area contributed by atoms with E-state index in [0.29, 0.717) is 18.8 Å². The summed E-state index contributed by atoms with van der Waals surface area (Å²) in [6.45, 7) is 6.57. The van der Waals surface area contributed by atoms with Gasteiger partial charge >= 0.3 is 0 Å². The Balaban J connectivity index is 2.94. The van der Waals surface area contributed by atoms with Gasteiger partial charge in [0.05, 0.1) is 5.69 Å². The van der Waals surface area contributed by atoms with Crippen LogP contribution in [0.1, 0.15) is 38.1 Å². The van der Waals surface area contributed by atoms with Gasteiger partial charge in [0.1, 0.15) is 5.25 Å². The van der Waals surface area contributed by atoms with Gasteiger partial charge in [-0.05, 0) is 32.5 Å². The van der Waals surface area contributed by atoms with Gasteiger partial charge in [-0.3, -0.25) is 4.98 Å². The highest BCUT2D eigenvalue weighted by molar-refractivity contribution is 7.89. The fourth-order valence-corrected chi connectivity index (χ4v) is 3.72. The molecule has 0 saturated carbocycles. The third-order valence-electron chi connectivity index (χ3n) is 3.59. The molecule has 0 saturated heterocycles. The highest BCUT2D eigenvalue weighted by Crippen LogP contribution is 2.23. The molecule has 0 aliphatic carbocycles. The smallest absolute Gasteiger partial charge is 0.222 e. The van der Waals surface area contributed by atoms with Gasteiger partial charge in [0.2, 0.25) is 10.0 Å². The molecule has 0 spiro atoms. The maximum Gasteiger partial charge on any atom is 0.222 e. The van der Waals surface area contributed by atoms with Crippen LogP contribution in [0, 0.1) is 0 Å². The van der Waals surface area contributed by atoms with E-state index in [9.17, 15) is 8.42 Å². The van der Waals surface area contributed by atoms with Gasteiger partial charge in [0.15, 0.2) is 0 Å². The largest absolute Gasteiger partial charge is 0.316 e. The number of nitrogens with one attached hydrogen (secondary N) is 1. The molecule has 0 amide bonds. The molecule has 5 nitrogen and oxygen atoms in total. The lowest BCUT2D eigenvalue weighted by Crippen LogP contribution is -2.43. The summed E-state index contributed by atoms with van der Waals surface area (Å²) in [7, 11) is -1.53. The number of sulfonamides is 1. The highest BCUT2D eigenvalue weighted by Gasteiger charge is 2.30. The van der Waals surface area contributed by atoms with E-state index in [0.717, 1.165) is 6.42 Å². The van der Waals surface area contributed by atoms with Crippen LogP contribution in [-0.4, -0.2) is 43.9 Å². The lowest BCUT2D eigenvalue weighted by atomic mass is 10.2. The average molecular weight is 299 g/mol. The number of aromatic nitrogens is 1. The van der Waals surface area contributed by atoms with Crippen molar-refractivity contribution in [2.24, 2.45) is 0 Å². The number of hydrogen-bond donors (Lipinski definition) is 1. The molecule has 0 aliphatic rings. The summed E-state index contributed by atoms with van der Waals surface area (Å²) in [4.78, 5) is 4.16. The van der Waals surface area contributed by atoms with Crippen LogP contribution in [0.25, 0.3) is 0 Å². The summed E-state index contributed by atoms with van der Waals surface area (Å²) in [5.74, 6) is 0. The molecule has 0 aromatic carbocycles. The number of rotatable bonds is 8. The Morgan fingerprint density at radius 2 is 2.05 bits per heavy atom. The van der Waals surface area contributed by atoms with Crippen LogP contribution in [0.4, 0.5) is 0 Å². The molecule has 0 aliphatic heterocycles. The van der Waals surface area contributed by atoms with E-state index in [-0.39, 0.29) is 6.04 Å². The van der Waals surface area contributed by atoms with Crippen molar-refractivity contribution in [3.05, 3.63) is 30.1 Å². The van der Waals surface area contributed by atoms with E-state index in [1.165, 1.54) is 4.31 Å². The molecule has 1 N–H and O–H groups in total. The first kappa shape index (κ1) is 17.1. The molecular weight excluding hydrogens is 274 g/mol. The van der Waals surface area contributed by atoms with Gasteiger partial charge in [-0.1, -0.05) is 19.9 Å². The first-order valence-electron chi connectivity index (χ1n) is 7.04. The predicted molar refractivity (Wildman–Crippen MR) is 82.0 cm³/mol. The molecule has 0 bridgehead atoms. The van der Waals surface area contributed by atoms with Gasteiger partial charge in [0.25, 0.3) is 0 Å². The predicted octanol–water partition coefficient (Wildman–Crippen LogP) is 1.79. The number of pyridine rings is 1. The maximum atomic E-state index is 12.7. The third-order valence-corrected chi connectivity index (χ3v) is 5.85. The Morgan fingerprint density at radius 1 is 1.35 bits per heavy atom. The summed E-state index contributed by atoms with van der Waals surface area (Å²) < 4.78 is 26.9. The Morgan fingerprint density at radius 3 is 2.50 bits per heavy atom. The van der Waals surface area contributed by atoms with Crippen LogP contribution in [0.15, 0.2) is 24.4 Å². The van der Waals surface area contributed by atoms with Crippen molar-refractivity contribution >= 4 is 10.0 Å². The van der Waals surface area contributed by atoms with Gasteiger partial charge in [-0.25, -0.2) is 12.7 Å². The van der Waals surface area contributed by atoms with Crippen LogP contribution in [0.5, 0.6) is 0 Å². The van der Waals surface area contributed by atoms with E-state index in [1.807, 2.05) is 27.0 Å². The molecular formula is C14H25N3O2S. The second kappa shape index (κ2) is 7.71. The molecule has 0 radical (unpaired) electrons. The van der Waals surface area contributed by atoms with Crippen molar-refractivity contribution in [2.45, 2.75) is 38.5 Å². The molecule has 1 heterocycles. The van der Waals surface area contributed by atoms with Crippen molar-refractivity contribution in [3.8, 4) is 0 Å². The lowest BCUT2D eigenvalue weighted by Gasteiger charge is -2.27. The van der Waals surface area contributed by atoms with Crippen LogP contribution >= 0.6 is 0 Å². The maximum absolute atomic E-state index is 12.7. The quantitative estimate of drug-likeness (QED) is 0.795. The SMILES string of the molecule is CC[C@@H](CN(CC)S(=O)(=O)[C@@H](C)c1ccccn1)NC. The van der Waals surface area contributed by atoms with E-state index in [1.54, 1.807) is 25.3 Å². The Labute approximate surface area is 122 Å². The molecule has 20 heavy (non-hydrogen) atoms. The topological polar surface area (TPSA) is 62.3 Å². The van der Waals surface area contributed by atoms with Crippen LogP contribution < -0.4 is 5.32 Å². The fraction of sp³-hybridized carbons (Fsp3) is 0.643. The summed E-state index contributed by atoms with van der Waals surface area (Å²) >= 11 is 0. The van der Waals surface area contributed by atoms with Gasteiger partial charge in [-0.2, -0.15) is 0 Å². The molecule has 2 atom stereocenters. The second-order valence-corrected chi connectivity index (χ2v) is 7.04. The van der Waals surface area contributed by atoms with Crippen molar-refractivity contribution < 1.29 is 8.42 Å². The van der Waals surface area contributed by atoms with Crippen LogP contribution in [-0.2, 0) is 10.0 Å². The Bertz CT molecular complexity index is 486. The van der Waals surface area contributed by atoms with Crippen LogP contribution in [0.3, 0.4) is 0 Å². The van der Waals surface area contributed by atoms with Gasteiger partial charge in [-0.15, -0.1) is 0 Å². The highest BCUT2D eigenvalue weighted by atomic mass is 32.2. The number of nitrogens with zero attached hydrogens (tertiary/aromatic N) is 2. The van der Waals surface area contributed by atoms with Crippen molar-refractivity contribution in [3.63, 3.8) is 0 Å². The number of hydrogen-bond acceptors (Lipinski definition) is 4. The summed E-state index contributed by atoms with van der Waals surface area (Å²) in [5, 5.41) is 2.52. The minimum Gasteiger partial charge on any atom is -0.316 e. The zero-order valence-electron chi connectivity index (χ0n) is 12.7. The van der Waals surface area contributed by atoms with Crippen LogP contribution in [0.2, 0.25) is 0 Å². The van der Waals surface area contributed by atoms with E-state index >= 15 is 0 Å². The number of likely N-dealkylation sites (N-methyl/N-ethyl adjacent to an activating group) is 2. The molecule has 0 unspecified atom stereocenters. The summed E-state index contributed by atoms with van der Waals surface area (Å²) in [6.07, 6.45) is 2.51. The van der Waals surface area contributed by atoms with Gasteiger partial charge in [0, 0.05) is 25.3 Å². The van der Waals surface area contributed by atoms with Gasteiger partial charge < -0.3 is 5.32 Å². The summed E-state index contributed by atoms with van der Waals surface area (Å²) in [6, 6.07) is 5.52. The van der Waals surface area contributed by atoms with E-state index < -0.39 is 15.3 Å². The lowest BCUT2D eigenvalue weighted by molar-refractivity contribution is 0.365. The monoisotopic (exact) mass is 299 g/mol. The first-order valence-corrected chi connectivity index (χ1v) is 8.54. The third kappa shape index (κ3) is 4.01. The zero-order valence-corrected chi connectivity index (χ0v) is 13.5. The van der Waals surface area contributed by atoms with E-state index in [2.05, 4.69) is 10.3 Å². The fourth-order valence-electron chi connectivity index (χ4n) is 2.08. The standard InChI is InChI=1S/C14H25N3O2S/c1-5-13(15-4)11-17(6-2)20(18,19)12(3)14-9-7-8-10-16-14/h7-10,12-13,15H,5-6,11H2,1-4H3/t12-,13-/m0/s1. The molecule has 1 aromatic rings. The molecule has 1 rings (SSSR count). The molecule has 1 aromatic heterocycles. The minimum atomic E-state index is -3.39. The van der Waals surface area contributed by atoms with Crippen molar-refractivity contribution in [1.82, 2.24) is 14.6 Å². The van der Waals surface area contributed by atoms with Crippen molar-refractivity contribution in [2.75, 3.05) is 20.1 Å². The zero-order chi connectivity index (χ0) is 15.2. The molecule has 114 valence electrons. The minimum absolute atomic E-state index is 0.167. The first-order chi connectivity index (χ1) is 9.47. The molecule has 6 heteroatoms. The molecule has 0 fully saturated rings.